The lowest BCUT2D eigenvalue weighted by atomic mass is 10.2. The van der Waals surface area contributed by atoms with Gasteiger partial charge in [0.15, 0.2) is 0 Å². The molecule has 4 nitrogen and oxygen atoms in total. The summed E-state index contributed by atoms with van der Waals surface area (Å²) in [6, 6.07) is 3.22. The number of furan rings is 1. The predicted molar refractivity (Wildman–Crippen MR) is 64.7 cm³/mol. The van der Waals surface area contributed by atoms with Gasteiger partial charge in [-0.15, -0.1) is 0 Å². The Labute approximate surface area is 99.4 Å². The first-order valence-electron chi connectivity index (χ1n) is 5.14. The summed E-state index contributed by atoms with van der Waals surface area (Å²) >= 11 is 1.65. The Morgan fingerprint density at radius 2 is 2.38 bits per heavy atom. The minimum Gasteiger partial charge on any atom is -0.480 e. The second-order valence-electron chi connectivity index (χ2n) is 3.57. The predicted octanol–water partition coefficient (Wildman–Crippen LogP) is 1.88. The SMILES string of the molecule is CSCC[C@H](NCc1ccc(C)o1)C(=O)O. The normalized spacial score (nSPS) is 12.6. The molecule has 0 saturated carbocycles. The molecule has 0 saturated heterocycles. The Kier molecular flexibility index (Phi) is 5.42. The van der Waals surface area contributed by atoms with Crippen LogP contribution in [0.25, 0.3) is 0 Å². The van der Waals surface area contributed by atoms with Gasteiger partial charge in [0, 0.05) is 0 Å². The molecule has 0 unspecified atom stereocenters. The van der Waals surface area contributed by atoms with Crippen molar-refractivity contribution in [3.8, 4) is 0 Å². The molecule has 5 heteroatoms. The van der Waals surface area contributed by atoms with Gasteiger partial charge in [-0.25, -0.2) is 0 Å². The first-order chi connectivity index (χ1) is 7.63. The molecule has 0 radical (unpaired) electrons. The van der Waals surface area contributed by atoms with Crippen molar-refractivity contribution in [1.29, 1.82) is 0 Å². The highest BCUT2D eigenvalue weighted by molar-refractivity contribution is 7.98. The Morgan fingerprint density at radius 3 is 2.88 bits per heavy atom. The van der Waals surface area contributed by atoms with Crippen LogP contribution in [0.5, 0.6) is 0 Å². The standard InChI is InChI=1S/C11H17NO3S/c1-8-3-4-9(15-8)7-12-10(11(13)14)5-6-16-2/h3-4,10,12H,5-7H2,1-2H3,(H,13,14)/t10-/m0/s1. The quantitative estimate of drug-likeness (QED) is 0.765. The lowest BCUT2D eigenvalue weighted by Gasteiger charge is -2.12. The van der Waals surface area contributed by atoms with E-state index in [9.17, 15) is 4.79 Å². The van der Waals surface area contributed by atoms with Crippen LogP contribution in [0.15, 0.2) is 16.5 Å². The number of aryl methyl sites for hydroxylation is 1. The van der Waals surface area contributed by atoms with Crippen LogP contribution in [-0.4, -0.2) is 29.1 Å². The van der Waals surface area contributed by atoms with E-state index in [1.807, 2.05) is 25.3 Å². The van der Waals surface area contributed by atoms with Crippen molar-refractivity contribution >= 4 is 17.7 Å². The second kappa shape index (κ2) is 6.60. The summed E-state index contributed by atoms with van der Waals surface area (Å²) < 4.78 is 5.36. The molecule has 1 rings (SSSR count). The maximum atomic E-state index is 10.9. The van der Waals surface area contributed by atoms with Gasteiger partial charge in [0.2, 0.25) is 0 Å². The molecule has 1 heterocycles. The smallest absolute Gasteiger partial charge is 0.320 e. The molecule has 0 spiro atoms. The van der Waals surface area contributed by atoms with Gasteiger partial charge in [0.25, 0.3) is 0 Å². The topological polar surface area (TPSA) is 62.5 Å². The fraction of sp³-hybridized carbons (Fsp3) is 0.545. The van der Waals surface area contributed by atoms with Crippen molar-refractivity contribution in [2.24, 2.45) is 0 Å². The van der Waals surface area contributed by atoms with Gasteiger partial charge in [-0.3, -0.25) is 10.1 Å². The molecule has 2 N–H and O–H groups in total. The minimum absolute atomic E-state index is 0.458. The third-order valence-corrected chi connectivity index (χ3v) is 2.87. The average Bonchev–Trinajstić information content (AvgIpc) is 2.64. The van der Waals surface area contributed by atoms with Crippen LogP contribution in [0.3, 0.4) is 0 Å². The summed E-state index contributed by atoms with van der Waals surface area (Å²) in [6.45, 7) is 2.32. The van der Waals surface area contributed by atoms with Crippen LogP contribution in [0, 0.1) is 6.92 Å². The van der Waals surface area contributed by atoms with Gasteiger partial charge in [-0.2, -0.15) is 11.8 Å². The summed E-state index contributed by atoms with van der Waals surface area (Å²) in [7, 11) is 0. The highest BCUT2D eigenvalue weighted by Crippen LogP contribution is 2.07. The zero-order chi connectivity index (χ0) is 12.0. The van der Waals surface area contributed by atoms with Crippen molar-refractivity contribution < 1.29 is 14.3 Å². The number of hydrogen-bond acceptors (Lipinski definition) is 4. The Bertz CT molecular complexity index is 338. The molecule has 0 aliphatic heterocycles. The summed E-state index contributed by atoms with van der Waals surface area (Å²) in [6.07, 6.45) is 2.59. The number of hydrogen-bond donors (Lipinski definition) is 2. The molecule has 0 fully saturated rings. The van der Waals surface area contributed by atoms with Crippen LogP contribution >= 0.6 is 11.8 Å². The molecule has 0 aliphatic rings. The monoisotopic (exact) mass is 243 g/mol. The number of thioether (sulfide) groups is 1. The van der Waals surface area contributed by atoms with Gasteiger partial charge in [0.1, 0.15) is 17.6 Å². The number of rotatable bonds is 7. The van der Waals surface area contributed by atoms with Gasteiger partial charge >= 0.3 is 5.97 Å². The third kappa shape index (κ3) is 4.28. The largest absolute Gasteiger partial charge is 0.480 e. The van der Waals surface area contributed by atoms with E-state index in [2.05, 4.69) is 5.32 Å². The van der Waals surface area contributed by atoms with Crippen molar-refractivity contribution in [2.75, 3.05) is 12.0 Å². The lowest BCUT2D eigenvalue weighted by molar-refractivity contribution is -0.139. The van der Waals surface area contributed by atoms with Crippen molar-refractivity contribution in [1.82, 2.24) is 5.32 Å². The maximum absolute atomic E-state index is 10.9. The molecule has 1 atom stereocenters. The van der Waals surface area contributed by atoms with E-state index in [1.54, 1.807) is 11.8 Å². The molecule has 1 aromatic heterocycles. The van der Waals surface area contributed by atoms with E-state index in [1.165, 1.54) is 0 Å². The summed E-state index contributed by atoms with van der Waals surface area (Å²) in [5.41, 5.74) is 0. The molecule has 0 bridgehead atoms. The summed E-state index contributed by atoms with van der Waals surface area (Å²) in [5, 5.41) is 12.0. The second-order valence-corrected chi connectivity index (χ2v) is 4.55. The summed E-state index contributed by atoms with van der Waals surface area (Å²) in [5.74, 6) is 1.64. The molecule has 16 heavy (non-hydrogen) atoms. The van der Waals surface area contributed by atoms with Crippen LogP contribution in [0.1, 0.15) is 17.9 Å². The van der Waals surface area contributed by atoms with Crippen molar-refractivity contribution in [3.63, 3.8) is 0 Å². The van der Waals surface area contributed by atoms with Gasteiger partial charge in [-0.05, 0) is 37.5 Å². The molecule has 0 aromatic carbocycles. The molecular formula is C11H17NO3S. The third-order valence-electron chi connectivity index (χ3n) is 2.23. The summed E-state index contributed by atoms with van der Waals surface area (Å²) in [4.78, 5) is 10.9. The molecule has 1 aromatic rings. The molecular weight excluding hydrogens is 226 g/mol. The zero-order valence-electron chi connectivity index (χ0n) is 9.53. The molecule has 0 amide bonds. The van der Waals surface area contributed by atoms with E-state index in [-0.39, 0.29) is 0 Å². The fourth-order valence-corrected chi connectivity index (χ4v) is 1.82. The molecule has 90 valence electrons. The van der Waals surface area contributed by atoms with Crippen LogP contribution in [0.4, 0.5) is 0 Å². The Morgan fingerprint density at radius 1 is 1.62 bits per heavy atom. The van der Waals surface area contributed by atoms with E-state index in [0.717, 1.165) is 17.3 Å². The van der Waals surface area contributed by atoms with E-state index >= 15 is 0 Å². The van der Waals surface area contributed by atoms with E-state index < -0.39 is 12.0 Å². The highest BCUT2D eigenvalue weighted by atomic mass is 32.2. The molecule has 0 aliphatic carbocycles. The van der Waals surface area contributed by atoms with Gasteiger partial charge in [0.05, 0.1) is 6.54 Å². The Balaban J connectivity index is 2.40. The highest BCUT2D eigenvalue weighted by Gasteiger charge is 2.16. The number of carbonyl (C=O) groups is 1. The first-order valence-corrected chi connectivity index (χ1v) is 6.53. The van der Waals surface area contributed by atoms with Crippen LogP contribution < -0.4 is 5.32 Å². The maximum Gasteiger partial charge on any atom is 0.320 e. The first kappa shape index (κ1) is 13.1. The van der Waals surface area contributed by atoms with Crippen molar-refractivity contribution in [3.05, 3.63) is 23.7 Å². The Hall–Kier alpha value is -0.940. The van der Waals surface area contributed by atoms with Gasteiger partial charge in [-0.1, -0.05) is 0 Å². The van der Waals surface area contributed by atoms with Gasteiger partial charge < -0.3 is 9.52 Å². The van der Waals surface area contributed by atoms with Crippen molar-refractivity contribution in [2.45, 2.75) is 25.9 Å². The average molecular weight is 243 g/mol. The van der Waals surface area contributed by atoms with E-state index in [4.69, 9.17) is 9.52 Å². The number of nitrogens with one attached hydrogen (secondary N) is 1. The van der Waals surface area contributed by atoms with Crippen LogP contribution in [-0.2, 0) is 11.3 Å². The zero-order valence-corrected chi connectivity index (χ0v) is 10.3. The minimum atomic E-state index is -0.808. The number of carboxylic acids is 1. The fourth-order valence-electron chi connectivity index (χ4n) is 1.35. The van der Waals surface area contributed by atoms with Crippen LogP contribution in [0.2, 0.25) is 0 Å². The van der Waals surface area contributed by atoms with E-state index in [0.29, 0.717) is 13.0 Å². The lowest BCUT2D eigenvalue weighted by Crippen LogP contribution is -2.36. The number of carboxylic acid groups (broad SMARTS) is 1. The number of aliphatic carboxylic acids is 1.